The predicted octanol–water partition coefficient (Wildman–Crippen LogP) is 3.67. The monoisotopic (exact) mass is 270 g/mol. The maximum Gasteiger partial charge on any atom is 0.138 e. The Morgan fingerprint density at radius 3 is 1.84 bits per heavy atom. The third kappa shape index (κ3) is 1.20. The van der Waals surface area contributed by atoms with Crippen LogP contribution in [0, 0.1) is 0 Å². The van der Waals surface area contributed by atoms with Gasteiger partial charge in [-0.05, 0) is 35.1 Å². The number of benzene rings is 2. The quantitative estimate of drug-likeness (QED) is 0.719. The van der Waals surface area contributed by atoms with Gasteiger partial charge in [0.25, 0.3) is 0 Å². The van der Waals surface area contributed by atoms with Gasteiger partial charge >= 0.3 is 0 Å². The van der Waals surface area contributed by atoms with Crippen LogP contribution in [0.2, 0.25) is 0 Å². The second-order valence-corrected chi connectivity index (χ2v) is 6.24. The molecule has 2 aliphatic rings. The minimum atomic E-state index is -0.484. The van der Waals surface area contributed by atoms with Crippen molar-refractivity contribution in [3.05, 3.63) is 70.8 Å². The summed E-state index contributed by atoms with van der Waals surface area (Å²) >= 11 is 7.03. The summed E-state index contributed by atoms with van der Waals surface area (Å²) in [6, 6.07) is 17.0. The summed E-state index contributed by atoms with van der Waals surface area (Å²) in [5.74, 6) is 0. The van der Waals surface area contributed by atoms with Crippen molar-refractivity contribution < 1.29 is 4.74 Å². The van der Waals surface area contributed by atoms with Gasteiger partial charge in [-0.15, -0.1) is 11.6 Å². The molecule has 0 fully saturated rings. The number of halogens is 1. The Labute approximate surface area is 118 Å². The Morgan fingerprint density at radius 1 is 0.895 bits per heavy atom. The average Bonchev–Trinajstić information content (AvgIpc) is 2.81. The molecule has 0 aliphatic heterocycles. The third-order valence-electron chi connectivity index (χ3n) is 4.67. The first kappa shape index (κ1) is 11.5. The summed E-state index contributed by atoms with van der Waals surface area (Å²) in [5.41, 5.74) is 4.61. The topological polar surface area (TPSA) is 9.23 Å². The lowest BCUT2D eigenvalue weighted by Gasteiger charge is -2.36. The molecule has 2 heteroatoms. The van der Waals surface area contributed by atoms with Crippen LogP contribution in [-0.2, 0) is 23.2 Å². The van der Waals surface area contributed by atoms with E-state index < -0.39 is 5.60 Å². The largest absolute Gasteiger partial charge is 0.367 e. The summed E-state index contributed by atoms with van der Waals surface area (Å²) in [6.07, 6.45) is 1.74. The van der Waals surface area contributed by atoms with E-state index in [0.29, 0.717) is 0 Å². The molecule has 0 atom stereocenters. The fraction of sp³-hybridized carbons (Fsp3) is 0.294. The van der Waals surface area contributed by atoms with Crippen molar-refractivity contribution in [3.8, 4) is 0 Å². The van der Waals surface area contributed by atoms with E-state index in [1.807, 2.05) is 0 Å². The highest BCUT2D eigenvalue weighted by Crippen LogP contribution is 2.60. The van der Waals surface area contributed by atoms with Crippen molar-refractivity contribution in [2.45, 2.75) is 23.3 Å². The molecular formula is C17H15ClO. The zero-order valence-electron chi connectivity index (χ0n) is 10.8. The maximum atomic E-state index is 7.03. The molecule has 96 valence electrons. The summed E-state index contributed by atoms with van der Waals surface area (Å²) in [6.45, 7) is 0. The van der Waals surface area contributed by atoms with Gasteiger partial charge in [-0.1, -0.05) is 48.5 Å². The van der Waals surface area contributed by atoms with Crippen LogP contribution in [0.3, 0.4) is 0 Å². The van der Waals surface area contributed by atoms with E-state index in [1.165, 1.54) is 22.3 Å². The van der Waals surface area contributed by atoms with Crippen molar-refractivity contribution in [2.75, 3.05) is 7.11 Å². The number of hydrogen-bond donors (Lipinski definition) is 0. The molecular weight excluding hydrogens is 256 g/mol. The second kappa shape index (κ2) is 3.62. The lowest BCUT2D eigenvalue weighted by Crippen LogP contribution is -2.43. The zero-order chi connectivity index (χ0) is 13.1. The first-order valence-corrected chi connectivity index (χ1v) is 7.00. The van der Waals surface area contributed by atoms with Crippen LogP contribution >= 0.6 is 11.6 Å². The molecule has 0 saturated heterocycles. The van der Waals surface area contributed by atoms with Gasteiger partial charge in [0.15, 0.2) is 0 Å². The highest BCUT2D eigenvalue weighted by molar-refractivity contribution is 6.26. The minimum absolute atomic E-state index is 0.380. The zero-order valence-corrected chi connectivity index (χ0v) is 11.6. The Morgan fingerprint density at radius 2 is 1.37 bits per heavy atom. The SMILES string of the molecule is COC12c3ccccc3CC1(Cl)Cc1ccccc12. The molecule has 4 rings (SSSR count). The summed E-state index contributed by atoms with van der Waals surface area (Å²) in [7, 11) is 1.78. The van der Waals surface area contributed by atoms with Gasteiger partial charge in [0, 0.05) is 7.11 Å². The van der Waals surface area contributed by atoms with E-state index in [0.717, 1.165) is 12.8 Å². The lowest BCUT2D eigenvalue weighted by atomic mass is 9.85. The van der Waals surface area contributed by atoms with E-state index >= 15 is 0 Å². The molecule has 0 unspecified atom stereocenters. The lowest BCUT2D eigenvalue weighted by molar-refractivity contribution is 0.00463. The van der Waals surface area contributed by atoms with Crippen LogP contribution in [0.15, 0.2) is 48.5 Å². The number of ether oxygens (including phenoxy) is 1. The molecule has 0 saturated carbocycles. The van der Waals surface area contributed by atoms with Crippen LogP contribution in [0.1, 0.15) is 22.3 Å². The predicted molar refractivity (Wildman–Crippen MR) is 76.7 cm³/mol. The van der Waals surface area contributed by atoms with Crippen molar-refractivity contribution >= 4 is 11.6 Å². The molecule has 2 aromatic carbocycles. The highest BCUT2D eigenvalue weighted by atomic mass is 35.5. The van der Waals surface area contributed by atoms with Crippen LogP contribution in [0.5, 0.6) is 0 Å². The number of fused-ring (bicyclic) bond motifs is 5. The van der Waals surface area contributed by atoms with Crippen LogP contribution < -0.4 is 0 Å². The van der Waals surface area contributed by atoms with Crippen molar-refractivity contribution in [3.63, 3.8) is 0 Å². The summed E-state index contributed by atoms with van der Waals surface area (Å²) in [4.78, 5) is -0.380. The normalized spacial score (nSPS) is 30.8. The summed E-state index contributed by atoms with van der Waals surface area (Å²) in [5, 5.41) is 0. The number of hydrogen-bond acceptors (Lipinski definition) is 1. The first-order chi connectivity index (χ1) is 9.21. The Kier molecular flexibility index (Phi) is 2.19. The Hall–Kier alpha value is -1.31. The van der Waals surface area contributed by atoms with Crippen molar-refractivity contribution in [1.82, 2.24) is 0 Å². The van der Waals surface area contributed by atoms with E-state index in [1.54, 1.807) is 7.11 Å². The molecule has 0 spiro atoms. The third-order valence-corrected chi connectivity index (χ3v) is 5.21. The molecule has 0 bridgehead atoms. The molecule has 2 aliphatic carbocycles. The second-order valence-electron chi connectivity index (χ2n) is 5.52. The molecule has 0 amide bonds. The van der Waals surface area contributed by atoms with E-state index in [2.05, 4.69) is 48.5 Å². The number of rotatable bonds is 1. The molecule has 0 heterocycles. The smallest absolute Gasteiger partial charge is 0.138 e. The van der Waals surface area contributed by atoms with E-state index in [4.69, 9.17) is 16.3 Å². The van der Waals surface area contributed by atoms with Crippen molar-refractivity contribution in [1.29, 1.82) is 0 Å². The van der Waals surface area contributed by atoms with Crippen LogP contribution in [0.4, 0.5) is 0 Å². The van der Waals surface area contributed by atoms with Gasteiger partial charge in [-0.25, -0.2) is 0 Å². The van der Waals surface area contributed by atoms with Crippen molar-refractivity contribution in [2.24, 2.45) is 0 Å². The Balaban J connectivity index is 2.08. The minimum Gasteiger partial charge on any atom is -0.367 e. The van der Waals surface area contributed by atoms with Gasteiger partial charge in [-0.2, -0.15) is 0 Å². The molecule has 0 aromatic heterocycles. The standard InChI is InChI=1S/C17H15ClO/c1-19-17-14-8-4-2-6-12(14)10-16(17,18)11-13-7-3-5-9-15(13)17/h2-9H,10-11H2,1H3. The highest BCUT2D eigenvalue weighted by Gasteiger charge is 2.62. The fourth-order valence-corrected chi connectivity index (χ4v) is 4.55. The molecule has 2 aromatic rings. The van der Waals surface area contributed by atoms with E-state index in [-0.39, 0.29) is 4.87 Å². The van der Waals surface area contributed by atoms with Crippen LogP contribution in [0.25, 0.3) is 0 Å². The van der Waals surface area contributed by atoms with Gasteiger partial charge in [0.05, 0.1) is 4.87 Å². The van der Waals surface area contributed by atoms with E-state index in [9.17, 15) is 0 Å². The fourth-order valence-electron chi connectivity index (χ4n) is 3.98. The number of alkyl halides is 1. The average molecular weight is 271 g/mol. The number of methoxy groups -OCH3 is 1. The van der Waals surface area contributed by atoms with Gasteiger partial charge in [0.1, 0.15) is 5.60 Å². The molecule has 1 nitrogen and oxygen atoms in total. The first-order valence-electron chi connectivity index (χ1n) is 6.62. The summed E-state index contributed by atoms with van der Waals surface area (Å²) < 4.78 is 6.05. The Bertz CT molecular complexity index is 612. The van der Waals surface area contributed by atoms with Crippen LogP contribution in [-0.4, -0.2) is 12.0 Å². The van der Waals surface area contributed by atoms with Gasteiger partial charge in [0.2, 0.25) is 0 Å². The molecule has 19 heavy (non-hydrogen) atoms. The molecule has 0 radical (unpaired) electrons. The maximum absolute atomic E-state index is 7.03. The van der Waals surface area contributed by atoms with Gasteiger partial charge < -0.3 is 4.74 Å². The molecule has 0 N–H and O–H groups in total. The van der Waals surface area contributed by atoms with Gasteiger partial charge in [-0.3, -0.25) is 0 Å².